The summed E-state index contributed by atoms with van der Waals surface area (Å²) in [7, 11) is -4.06. The molecule has 0 bridgehead atoms. The Morgan fingerprint density at radius 2 is 1.94 bits per heavy atom. The van der Waals surface area contributed by atoms with Gasteiger partial charge in [0.25, 0.3) is 15.9 Å². The van der Waals surface area contributed by atoms with Crippen molar-refractivity contribution in [3.63, 3.8) is 0 Å². The number of nitrogens with one attached hydrogen (secondary N) is 1. The molecule has 0 aliphatic heterocycles. The van der Waals surface area contributed by atoms with Crippen LogP contribution in [-0.2, 0) is 19.6 Å². The van der Waals surface area contributed by atoms with Crippen LogP contribution in [0.4, 0.5) is 5.69 Å². The number of nitrogens with zero attached hydrogens (tertiary/aromatic N) is 1. The summed E-state index contributed by atoms with van der Waals surface area (Å²) in [6.45, 7) is 7.02. The summed E-state index contributed by atoms with van der Waals surface area (Å²) in [5.74, 6) is -1.22. The molecule has 0 aliphatic rings. The van der Waals surface area contributed by atoms with Gasteiger partial charge in [0.2, 0.25) is 0 Å². The number of carbonyl (C=O) groups is 2. The molecule has 0 aliphatic carbocycles. The minimum absolute atomic E-state index is 0.0122. The van der Waals surface area contributed by atoms with Crippen molar-refractivity contribution in [3.8, 4) is 0 Å². The Bertz CT molecular complexity index is 1070. The molecule has 1 atom stereocenters. The standard InChI is InChI=1S/C23H27ClN2O5S/c1-4-9-17(3)25-22(27)16-31-23(28)18-10-8-11-19(15-18)32(29,30)26(14-5-2)21-13-7-6-12-20(21)24/h5-8,10-13,15,17H,2,4,9,14,16H2,1,3H3,(H,25,27). The molecule has 32 heavy (non-hydrogen) atoms. The molecule has 2 rings (SSSR count). The highest BCUT2D eigenvalue weighted by Gasteiger charge is 2.26. The molecule has 2 aromatic carbocycles. The number of anilines is 1. The lowest BCUT2D eigenvalue weighted by molar-refractivity contribution is -0.124. The van der Waals surface area contributed by atoms with Gasteiger partial charge in [0, 0.05) is 6.04 Å². The Balaban J connectivity index is 2.21. The number of carbonyl (C=O) groups excluding carboxylic acids is 2. The number of ether oxygens (including phenoxy) is 1. The van der Waals surface area contributed by atoms with Crippen LogP contribution in [-0.4, -0.2) is 39.5 Å². The molecule has 0 heterocycles. The summed E-state index contributed by atoms with van der Waals surface area (Å²) in [5.41, 5.74) is 0.304. The first kappa shape index (κ1) is 25.4. The van der Waals surface area contributed by atoms with Crippen molar-refractivity contribution in [2.24, 2.45) is 0 Å². The van der Waals surface area contributed by atoms with Crippen LogP contribution in [0.2, 0.25) is 5.02 Å². The van der Waals surface area contributed by atoms with Crippen molar-refractivity contribution in [1.82, 2.24) is 5.32 Å². The maximum Gasteiger partial charge on any atom is 0.338 e. The van der Waals surface area contributed by atoms with Gasteiger partial charge in [-0.15, -0.1) is 6.58 Å². The zero-order chi connectivity index (χ0) is 23.7. The first-order valence-electron chi connectivity index (χ1n) is 10.2. The molecule has 0 radical (unpaired) electrons. The Hall–Kier alpha value is -2.84. The maximum absolute atomic E-state index is 13.3. The van der Waals surface area contributed by atoms with E-state index in [9.17, 15) is 18.0 Å². The molecule has 0 spiro atoms. The Morgan fingerprint density at radius 3 is 2.59 bits per heavy atom. The quantitative estimate of drug-likeness (QED) is 0.386. The molecule has 0 fully saturated rings. The summed E-state index contributed by atoms with van der Waals surface area (Å²) in [5, 5.41) is 3.00. The van der Waals surface area contributed by atoms with E-state index >= 15 is 0 Å². The molecule has 9 heteroatoms. The molecular formula is C23H27ClN2O5S. The number of hydrogen-bond donors (Lipinski definition) is 1. The number of hydrogen-bond acceptors (Lipinski definition) is 5. The number of para-hydroxylation sites is 1. The number of rotatable bonds is 11. The number of halogens is 1. The van der Waals surface area contributed by atoms with Crippen molar-refractivity contribution in [2.45, 2.75) is 37.6 Å². The molecule has 0 saturated carbocycles. The topological polar surface area (TPSA) is 92.8 Å². The van der Waals surface area contributed by atoms with E-state index in [1.54, 1.807) is 24.3 Å². The van der Waals surface area contributed by atoms with E-state index in [-0.39, 0.29) is 28.1 Å². The van der Waals surface area contributed by atoms with Gasteiger partial charge in [0.1, 0.15) is 0 Å². The predicted octanol–water partition coefficient (Wildman–Crippen LogP) is 4.18. The van der Waals surface area contributed by atoms with Crippen molar-refractivity contribution in [2.75, 3.05) is 17.5 Å². The molecule has 0 saturated heterocycles. The maximum atomic E-state index is 13.3. The highest BCUT2D eigenvalue weighted by Crippen LogP contribution is 2.30. The van der Waals surface area contributed by atoms with Gasteiger partial charge in [-0.1, -0.05) is 49.2 Å². The first-order valence-corrected chi connectivity index (χ1v) is 12.0. The van der Waals surface area contributed by atoms with Crippen LogP contribution < -0.4 is 9.62 Å². The summed E-state index contributed by atoms with van der Waals surface area (Å²) in [6.07, 6.45) is 3.17. The van der Waals surface area contributed by atoms with Crippen LogP contribution in [0.25, 0.3) is 0 Å². The zero-order valence-corrected chi connectivity index (χ0v) is 19.7. The van der Waals surface area contributed by atoms with Crippen molar-refractivity contribution in [3.05, 3.63) is 71.8 Å². The minimum atomic E-state index is -4.06. The van der Waals surface area contributed by atoms with E-state index in [1.807, 2.05) is 13.8 Å². The average molecular weight is 479 g/mol. The molecule has 7 nitrogen and oxygen atoms in total. The SMILES string of the molecule is C=CCN(c1ccccc1Cl)S(=O)(=O)c1cccc(C(=O)OCC(=O)NC(C)CCC)c1. The van der Waals surface area contributed by atoms with Gasteiger partial charge in [0.15, 0.2) is 6.61 Å². The second-order valence-corrected chi connectivity index (χ2v) is 9.41. The lowest BCUT2D eigenvalue weighted by Gasteiger charge is -2.24. The van der Waals surface area contributed by atoms with Crippen LogP contribution in [0.1, 0.15) is 37.0 Å². The smallest absolute Gasteiger partial charge is 0.338 e. The summed E-state index contributed by atoms with van der Waals surface area (Å²) >= 11 is 6.20. The van der Waals surface area contributed by atoms with E-state index in [2.05, 4.69) is 11.9 Å². The van der Waals surface area contributed by atoms with Gasteiger partial charge in [0.05, 0.1) is 27.7 Å². The van der Waals surface area contributed by atoms with Crippen molar-refractivity contribution in [1.29, 1.82) is 0 Å². The van der Waals surface area contributed by atoms with E-state index in [1.165, 1.54) is 30.3 Å². The number of sulfonamides is 1. The van der Waals surface area contributed by atoms with E-state index < -0.39 is 28.5 Å². The van der Waals surface area contributed by atoms with Crippen LogP contribution in [0.5, 0.6) is 0 Å². The normalized spacial score (nSPS) is 12.0. The van der Waals surface area contributed by atoms with E-state index in [4.69, 9.17) is 16.3 Å². The molecule has 1 unspecified atom stereocenters. The monoisotopic (exact) mass is 478 g/mol. The minimum Gasteiger partial charge on any atom is -0.452 e. The number of esters is 1. The fourth-order valence-electron chi connectivity index (χ4n) is 3.04. The predicted molar refractivity (Wildman–Crippen MR) is 125 cm³/mol. The third-order valence-electron chi connectivity index (χ3n) is 4.54. The third kappa shape index (κ3) is 6.58. The third-order valence-corrected chi connectivity index (χ3v) is 6.63. The van der Waals surface area contributed by atoms with Crippen molar-refractivity contribution < 1.29 is 22.7 Å². The van der Waals surface area contributed by atoms with Crippen LogP contribution in [0.15, 0.2) is 66.1 Å². The number of benzene rings is 2. The average Bonchev–Trinajstić information content (AvgIpc) is 2.76. The van der Waals surface area contributed by atoms with Crippen LogP contribution in [0.3, 0.4) is 0 Å². The summed E-state index contributed by atoms with van der Waals surface area (Å²) in [4.78, 5) is 24.2. The summed E-state index contributed by atoms with van der Waals surface area (Å²) < 4.78 is 32.8. The van der Waals surface area contributed by atoms with Gasteiger partial charge in [-0.2, -0.15) is 0 Å². The fraction of sp³-hybridized carbons (Fsp3) is 0.304. The Morgan fingerprint density at radius 1 is 1.22 bits per heavy atom. The highest BCUT2D eigenvalue weighted by molar-refractivity contribution is 7.92. The fourth-order valence-corrected chi connectivity index (χ4v) is 4.83. The van der Waals surface area contributed by atoms with Crippen LogP contribution in [0, 0.1) is 0 Å². The van der Waals surface area contributed by atoms with Gasteiger partial charge in [-0.25, -0.2) is 13.2 Å². The second kappa shape index (κ2) is 11.7. The second-order valence-electron chi connectivity index (χ2n) is 7.14. The van der Waals surface area contributed by atoms with Gasteiger partial charge < -0.3 is 10.1 Å². The largest absolute Gasteiger partial charge is 0.452 e. The molecule has 1 N–H and O–H groups in total. The molecule has 2 aromatic rings. The van der Waals surface area contributed by atoms with E-state index in [0.29, 0.717) is 5.69 Å². The van der Waals surface area contributed by atoms with Gasteiger partial charge in [-0.05, 0) is 43.7 Å². The van der Waals surface area contributed by atoms with E-state index in [0.717, 1.165) is 17.1 Å². The molecule has 1 amide bonds. The van der Waals surface area contributed by atoms with Gasteiger partial charge in [-0.3, -0.25) is 9.10 Å². The molecule has 0 aromatic heterocycles. The molecule has 172 valence electrons. The summed E-state index contributed by atoms with van der Waals surface area (Å²) in [6, 6.07) is 12.0. The first-order chi connectivity index (χ1) is 15.2. The lowest BCUT2D eigenvalue weighted by Crippen LogP contribution is -2.35. The van der Waals surface area contributed by atoms with Crippen LogP contribution >= 0.6 is 11.6 Å². The highest BCUT2D eigenvalue weighted by atomic mass is 35.5. The lowest BCUT2D eigenvalue weighted by atomic mass is 10.2. The Labute approximate surface area is 194 Å². The van der Waals surface area contributed by atoms with Crippen molar-refractivity contribution >= 4 is 39.2 Å². The molecular weight excluding hydrogens is 452 g/mol. The van der Waals surface area contributed by atoms with Gasteiger partial charge >= 0.3 is 5.97 Å². The zero-order valence-electron chi connectivity index (χ0n) is 18.1. The number of amides is 1. The Kier molecular flexibility index (Phi) is 9.28.